The molecule has 0 saturated carbocycles. The normalized spacial score (nSPS) is 10.6. The van der Waals surface area contributed by atoms with Crippen molar-refractivity contribution in [3.63, 3.8) is 0 Å². The fourth-order valence-corrected chi connectivity index (χ4v) is 1.69. The van der Waals surface area contributed by atoms with Crippen LogP contribution < -0.4 is 5.90 Å². The maximum absolute atomic E-state index is 9.44. The molecule has 0 saturated heterocycles. The Labute approximate surface area is 88.4 Å². The molecule has 0 fully saturated rings. The Hall–Kier alpha value is -0.770. The Bertz CT molecular complexity index is 339. The van der Waals surface area contributed by atoms with Gasteiger partial charge in [-0.1, -0.05) is 11.6 Å². The molecule has 0 unspecified atom stereocenters. The minimum atomic E-state index is 0.124. The van der Waals surface area contributed by atoms with Gasteiger partial charge < -0.3 is 9.94 Å². The molecule has 1 aromatic carbocycles. The first kappa shape index (κ1) is 11.3. The molecule has 0 spiro atoms. The third kappa shape index (κ3) is 2.18. The third-order valence-electron chi connectivity index (χ3n) is 2.31. The van der Waals surface area contributed by atoms with Gasteiger partial charge in [-0.25, -0.2) is 5.90 Å². The van der Waals surface area contributed by atoms with Gasteiger partial charge in [-0.3, -0.25) is 0 Å². The van der Waals surface area contributed by atoms with E-state index in [9.17, 15) is 5.11 Å². The summed E-state index contributed by atoms with van der Waals surface area (Å²) >= 11 is 5.91. The summed E-state index contributed by atoms with van der Waals surface area (Å²) in [6.07, 6.45) is 0.703. The van der Waals surface area contributed by atoms with E-state index in [-0.39, 0.29) is 5.75 Å². The molecule has 1 aromatic rings. The average Bonchev–Trinajstić information content (AvgIpc) is 2.14. The number of nitrogens with two attached hydrogens (primary N) is 1. The van der Waals surface area contributed by atoms with Crippen molar-refractivity contribution in [3.8, 4) is 5.75 Å². The van der Waals surface area contributed by atoms with Gasteiger partial charge in [0.05, 0.1) is 11.6 Å². The number of phenols is 1. The van der Waals surface area contributed by atoms with Gasteiger partial charge in [-0.15, -0.1) is 0 Å². The van der Waals surface area contributed by atoms with Gasteiger partial charge in [-0.05, 0) is 43.0 Å². The number of hydrogen-bond donors (Lipinski definition) is 2. The molecule has 0 amide bonds. The van der Waals surface area contributed by atoms with Crippen molar-refractivity contribution >= 4 is 11.6 Å². The van der Waals surface area contributed by atoms with Gasteiger partial charge in [-0.2, -0.15) is 0 Å². The zero-order valence-corrected chi connectivity index (χ0v) is 9.06. The van der Waals surface area contributed by atoms with Crippen molar-refractivity contribution in [2.24, 2.45) is 5.90 Å². The highest BCUT2D eigenvalue weighted by Crippen LogP contribution is 2.31. The maximum Gasteiger partial charge on any atom is 0.134 e. The minimum Gasteiger partial charge on any atom is -0.506 e. The molecule has 3 nitrogen and oxygen atoms in total. The SMILES string of the molecule is Cc1cc(O)c(Cl)c(C)c1CCON. The zero-order chi connectivity index (χ0) is 10.7. The van der Waals surface area contributed by atoms with Crippen LogP contribution in [0.3, 0.4) is 0 Å². The van der Waals surface area contributed by atoms with E-state index in [1.807, 2.05) is 13.8 Å². The molecule has 14 heavy (non-hydrogen) atoms. The lowest BCUT2D eigenvalue weighted by atomic mass is 10.00. The van der Waals surface area contributed by atoms with E-state index in [0.29, 0.717) is 18.1 Å². The highest BCUT2D eigenvalue weighted by molar-refractivity contribution is 6.32. The summed E-state index contributed by atoms with van der Waals surface area (Å²) in [7, 11) is 0. The Morgan fingerprint density at radius 2 is 2.14 bits per heavy atom. The quantitative estimate of drug-likeness (QED) is 0.760. The van der Waals surface area contributed by atoms with Crippen molar-refractivity contribution in [2.75, 3.05) is 6.61 Å². The largest absolute Gasteiger partial charge is 0.506 e. The van der Waals surface area contributed by atoms with E-state index >= 15 is 0 Å². The number of rotatable bonds is 3. The van der Waals surface area contributed by atoms with Gasteiger partial charge in [0.25, 0.3) is 0 Å². The van der Waals surface area contributed by atoms with Crippen LogP contribution in [-0.4, -0.2) is 11.7 Å². The predicted molar refractivity (Wildman–Crippen MR) is 56.4 cm³/mol. The summed E-state index contributed by atoms with van der Waals surface area (Å²) in [5.74, 6) is 5.09. The van der Waals surface area contributed by atoms with Crippen LogP contribution in [0.2, 0.25) is 5.02 Å². The summed E-state index contributed by atoms with van der Waals surface area (Å²) in [5, 5.41) is 9.85. The van der Waals surface area contributed by atoms with Crippen molar-refractivity contribution in [2.45, 2.75) is 20.3 Å². The standard InChI is InChI=1S/C10H14ClNO2/c1-6-5-9(13)10(11)7(2)8(6)3-4-14-12/h5,13H,3-4,12H2,1-2H3. The van der Waals surface area contributed by atoms with E-state index in [4.69, 9.17) is 17.5 Å². The molecule has 0 aliphatic rings. The Balaban J connectivity index is 3.09. The number of hydrogen-bond acceptors (Lipinski definition) is 3. The molecule has 0 aromatic heterocycles. The highest BCUT2D eigenvalue weighted by Gasteiger charge is 2.10. The van der Waals surface area contributed by atoms with Crippen LogP contribution >= 0.6 is 11.6 Å². The van der Waals surface area contributed by atoms with Crippen molar-refractivity contribution in [1.82, 2.24) is 0 Å². The van der Waals surface area contributed by atoms with Gasteiger partial charge in [0, 0.05) is 0 Å². The first-order chi connectivity index (χ1) is 6.57. The van der Waals surface area contributed by atoms with Gasteiger partial charge >= 0.3 is 0 Å². The summed E-state index contributed by atoms with van der Waals surface area (Å²) < 4.78 is 0. The van der Waals surface area contributed by atoms with E-state index < -0.39 is 0 Å². The highest BCUT2D eigenvalue weighted by atomic mass is 35.5. The average molecular weight is 216 g/mol. The molecule has 0 aliphatic heterocycles. The Kier molecular flexibility index (Phi) is 3.75. The lowest BCUT2D eigenvalue weighted by molar-refractivity contribution is 0.141. The second-order valence-corrected chi connectivity index (χ2v) is 3.63. The van der Waals surface area contributed by atoms with Crippen LogP contribution in [0, 0.1) is 13.8 Å². The van der Waals surface area contributed by atoms with E-state index in [1.54, 1.807) is 6.07 Å². The first-order valence-electron chi connectivity index (χ1n) is 4.37. The molecule has 78 valence electrons. The van der Waals surface area contributed by atoms with E-state index in [0.717, 1.165) is 16.7 Å². The maximum atomic E-state index is 9.44. The fourth-order valence-electron chi connectivity index (χ4n) is 1.52. The van der Waals surface area contributed by atoms with Gasteiger partial charge in [0.2, 0.25) is 0 Å². The van der Waals surface area contributed by atoms with E-state index in [1.165, 1.54) is 0 Å². The van der Waals surface area contributed by atoms with Crippen molar-refractivity contribution in [1.29, 1.82) is 0 Å². The van der Waals surface area contributed by atoms with Gasteiger partial charge in [0.15, 0.2) is 0 Å². The molecular formula is C10H14ClNO2. The topological polar surface area (TPSA) is 55.5 Å². The summed E-state index contributed by atoms with van der Waals surface area (Å²) in [4.78, 5) is 4.52. The Morgan fingerprint density at radius 3 is 2.71 bits per heavy atom. The summed E-state index contributed by atoms with van der Waals surface area (Å²) in [5.41, 5.74) is 2.97. The molecule has 0 radical (unpaired) electrons. The number of halogens is 1. The number of aryl methyl sites for hydroxylation is 1. The van der Waals surface area contributed by atoms with Crippen LogP contribution in [0.1, 0.15) is 16.7 Å². The summed E-state index contributed by atoms with van der Waals surface area (Å²) in [6.45, 7) is 4.25. The van der Waals surface area contributed by atoms with Gasteiger partial charge in [0.1, 0.15) is 5.75 Å². The molecule has 0 heterocycles. The predicted octanol–water partition coefficient (Wildman–Crippen LogP) is 2.10. The monoisotopic (exact) mass is 215 g/mol. The lowest BCUT2D eigenvalue weighted by Crippen LogP contribution is -2.06. The number of aromatic hydroxyl groups is 1. The third-order valence-corrected chi connectivity index (χ3v) is 2.78. The lowest BCUT2D eigenvalue weighted by Gasteiger charge is -2.12. The second kappa shape index (κ2) is 4.64. The zero-order valence-electron chi connectivity index (χ0n) is 8.30. The number of phenolic OH excluding ortho intramolecular Hbond substituents is 1. The first-order valence-corrected chi connectivity index (χ1v) is 4.75. The second-order valence-electron chi connectivity index (χ2n) is 3.25. The molecule has 0 bridgehead atoms. The van der Waals surface area contributed by atoms with Crippen LogP contribution in [0.25, 0.3) is 0 Å². The molecular weight excluding hydrogens is 202 g/mol. The Morgan fingerprint density at radius 1 is 1.50 bits per heavy atom. The molecule has 4 heteroatoms. The van der Waals surface area contributed by atoms with E-state index in [2.05, 4.69) is 4.84 Å². The molecule has 3 N–H and O–H groups in total. The van der Waals surface area contributed by atoms with Crippen LogP contribution in [-0.2, 0) is 11.3 Å². The van der Waals surface area contributed by atoms with Crippen molar-refractivity contribution < 1.29 is 9.94 Å². The summed E-state index contributed by atoms with van der Waals surface area (Å²) in [6, 6.07) is 1.65. The molecule has 0 aliphatic carbocycles. The number of benzene rings is 1. The van der Waals surface area contributed by atoms with Crippen molar-refractivity contribution in [3.05, 3.63) is 27.8 Å². The minimum absolute atomic E-state index is 0.124. The molecule has 0 atom stereocenters. The van der Waals surface area contributed by atoms with Crippen LogP contribution in [0.4, 0.5) is 0 Å². The van der Waals surface area contributed by atoms with Crippen LogP contribution in [0.15, 0.2) is 6.07 Å². The fraction of sp³-hybridized carbons (Fsp3) is 0.400. The smallest absolute Gasteiger partial charge is 0.134 e. The van der Waals surface area contributed by atoms with Crippen LogP contribution in [0.5, 0.6) is 5.75 Å². The molecule has 1 rings (SSSR count).